The Morgan fingerprint density at radius 3 is 2.79 bits per heavy atom. The summed E-state index contributed by atoms with van der Waals surface area (Å²) in [6.45, 7) is 0. The van der Waals surface area contributed by atoms with E-state index >= 15 is 0 Å². The van der Waals surface area contributed by atoms with E-state index in [0.717, 1.165) is 24.8 Å². The molecule has 2 unspecified atom stereocenters. The number of phenolic OH excluding ortho intramolecular Hbond substituents is 1. The zero-order valence-corrected chi connectivity index (χ0v) is 11.6. The Hall–Kier alpha value is -1.55. The Balaban J connectivity index is 2.25. The number of amides is 1. The minimum atomic E-state index is -0.109. The van der Waals surface area contributed by atoms with Crippen molar-refractivity contribution in [2.45, 2.75) is 37.6 Å². The Bertz CT molecular complexity index is 459. The molecule has 0 saturated heterocycles. The van der Waals surface area contributed by atoms with Gasteiger partial charge in [0.05, 0.1) is 0 Å². The number of hydrogen-bond donors (Lipinski definition) is 3. The standard InChI is InChI=1S/C15H22N2O2/c1-16-12-5-3-4-10(8-12)13-9-11(15(19)17-2)6-7-14(13)18/h6-7,9-10,12,16,18H,3-5,8H2,1-2H3,(H,17,19). The molecule has 0 heterocycles. The van der Waals surface area contributed by atoms with E-state index in [4.69, 9.17) is 0 Å². The monoisotopic (exact) mass is 262 g/mol. The van der Waals surface area contributed by atoms with E-state index in [1.807, 2.05) is 13.1 Å². The van der Waals surface area contributed by atoms with Gasteiger partial charge in [0.15, 0.2) is 0 Å². The topological polar surface area (TPSA) is 61.4 Å². The molecule has 1 fully saturated rings. The summed E-state index contributed by atoms with van der Waals surface area (Å²) >= 11 is 0. The van der Waals surface area contributed by atoms with Crippen LogP contribution in [0, 0.1) is 0 Å². The van der Waals surface area contributed by atoms with E-state index in [0.29, 0.717) is 23.3 Å². The first-order valence-corrected chi connectivity index (χ1v) is 6.88. The smallest absolute Gasteiger partial charge is 0.251 e. The molecule has 1 amide bonds. The predicted octanol–water partition coefficient (Wildman–Crippen LogP) is 2.00. The average molecular weight is 262 g/mol. The second-order valence-electron chi connectivity index (χ2n) is 5.20. The lowest BCUT2D eigenvalue weighted by atomic mass is 9.80. The maximum atomic E-state index is 11.7. The zero-order chi connectivity index (χ0) is 13.8. The number of phenols is 1. The average Bonchev–Trinajstić information content (AvgIpc) is 2.47. The Morgan fingerprint density at radius 2 is 2.11 bits per heavy atom. The quantitative estimate of drug-likeness (QED) is 0.780. The third-order valence-electron chi connectivity index (χ3n) is 4.04. The summed E-state index contributed by atoms with van der Waals surface area (Å²) in [5, 5.41) is 16.0. The summed E-state index contributed by atoms with van der Waals surface area (Å²) in [4.78, 5) is 11.7. The number of hydrogen-bond acceptors (Lipinski definition) is 3. The van der Waals surface area contributed by atoms with Gasteiger partial charge in [-0.2, -0.15) is 0 Å². The normalized spacial score (nSPS) is 23.1. The first-order chi connectivity index (χ1) is 9.15. The van der Waals surface area contributed by atoms with Crippen LogP contribution in [-0.2, 0) is 0 Å². The maximum Gasteiger partial charge on any atom is 0.251 e. The van der Waals surface area contributed by atoms with Crippen LogP contribution in [-0.4, -0.2) is 31.2 Å². The Morgan fingerprint density at radius 1 is 1.32 bits per heavy atom. The third kappa shape index (κ3) is 3.07. The van der Waals surface area contributed by atoms with Crippen molar-refractivity contribution >= 4 is 5.91 Å². The van der Waals surface area contributed by atoms with E-state index in [2.05, 4.69) is 10.6 Å². The van der Waals surface area contributed by atoms with Gasteiger partial charge in [-0.3, -0.25) is 4.79 Å². The van der Waals surface area contributed by atoms with E-state index in [1.165, 1.54) is 6.42 Å². The van der Waals surface area contributed by atoms with Crippen molar-refractivity contribution in [1.82, 2.24) is 10.6 Å². The zero-order valence-electron chi connectivity index (χ0n) is 11.6. The van der Waals surface area contributed by atoms with Crippen molar-refractivity contribution < 1.29 is 9.90 Å². The van der Waals surface area contributed by atoms with E-state index < -0.39 is 0 Å². The fourth-order valence-corrected chi connectivity index (χ4v) is 2.90. The molecule has 4 nitrogen and oxygen atoms in total. The van der Waals surface area contributed by atoms with E-state index in [9.17, 15) is 9.90 Å². The highest BCUT2D eigenvalue weighted by molar-refractivity contribution is 5.94. The Labute approximate surface area is 114 Å². The van der Waals surface area contributed by atoms with Crippen molar-refractivity contribution in [3.8, 4) is 5.75 Å². The molecule has 3 N–H and O–H groups in total. The van der Waals surface area contributed by atoms with Crippen LogP contribution >= 0.6 is 0 Å². The first-order valence-electron chi connectivity index (χ1n) is 6.88. The second-order valence-corrected chi connectivity index (χ2v) is 5.20. The maximum absolute atomic E-state index is 11.7. The van der Waals surface area contributed by atoms with Gasteiger partial charge in [0.2, 0.25) is 0 Å². The number of nitrogens with one attached hydrogen (secondary N) is 2. The van der Waals surface area contributed by atoms with Gasteiger partial charge in [0, 0.05) is 18.7 Å². The summed E-state index contributed by atoms with van der Waals surface area (Å²) in [6, 6.07) is 5.62. The molecule has 2 rings (SSSR count). The fraction of sp³-hybridized carbons (Fsp3) is 0.533. The van der Waals surface area contributed by atoms with Crippen LogP contribution in [0.4, 0.5) is 0 Å². The van der Waals surface area contributed by atoms with Gasteiger partial charge >= 0.3 is 0 Å². The first kappa shape index (κ1) is 13.9. The molecule has 1 saturated carbocycles. The van der Waals surface area contributed by atoms with Crippen LogP contribution in [0.25, 0.3) is 0 Å². The summed E-state index contributed by atoms with van der Waals surface area (Å²) in [5.74, 6) is 0.521. The highest BCUT2D eigenvalue weighted by atomic mass is 16.3. The number of rotatable bonds is 3. The largest absolute Gasteiger partial charge is 0.508 e. The molecule has 1 aromatic rings. The van der Waals surface area contributed by atoms with Crippen molar-refractivity contribution in [2.75, 3.05) is 14.1 Å². The van der Waals surface area contributed by atoms with Crippen LogP contribution in [0.1, 0.15) is 47.5 Å². The number of aromatic hydroxyl groups is 1. The van der Waals surface area contributed by atoms with Crippen molar-refractivity contribution in [2.24, 2.45) is 0 Å². The molecule has 19 heavy (non-hydrogen) atoms. The van der Waals surface area contributed by atoms with Crippen molar-refractivity contribution in [3.05, 3.63) is 29.3 Å². The molecule has 2 atom stereocenters. The SMILES string of the molecule is CNC(=O)c1ccc(O)c(C2CCCC(NC)C2)c1. The van der Waals surface area contributed by atoms with Crippen LogP contribution in [0.15, 0.2) is 18.2 Å². The molecule has 0 spiro atoms. The molecule has 0 radical (unpaired) electrons. The van der Waals surface area contributed by atoms with Gasteiger partial charge in [-0.05, 0) is 56.0 Å². The highest BCUT2D eigenvalue weighted by Crippen LogP contribution is 2.37. The summed E-state index contributed by atoms with van der Waals surface area (Å²) in [7, 11) is 3.60. The third-order valence-corrected chi connectivity index (χ3v) is 4.04. The summed E-state index contributed by atoms with van der Waals surface area (Å²) in [5.41, 5.74) is 1.52. The molecule has 104 valence electrons. The predicted molar refractivity (Wildman–Crippen MR) is 75.6 cm³/mol. The van der Waals surface area contributed by atoms with Gasteiger partial charge < -0.3 is 15.7 Å². The van der Waals surface area contributed by atoms with Crippen molar-refractivity contribution in [1.29, 1.82) is 0 Å². The molecule has 4 heteroatoms. The molecule has 0 aliphatic heterocycles. The fourth-order valence-electron chi connectivity index (χ4n) is 2.90. The lowest BCUT2D eigenvalue weighted by Crippen LogP contribution is -2.30. The van der Waals surface area contributed by atoms with Crippen molar-refractivity contribution in [3.63, 3.8) is 0 Å². The minimum Gasteiger partial charge on any atom is -0.508 e. The molecule has 1 aliphatic rings. The lowest BCUT2D eigenvalue weighted by Gasteiger charge is -2.29. The number of benzene rings is 1. The molecule has 0 aromatic heterocycles. The van der Waals surface area contributed by atoms with Crippen LogP contribution in [0.5, 0.6) is 5.75 Å². The molecular weight excluding hydrogens is 240 g/mol. The van der Waals surface area contributed by atoms with E-state index in [-0.39, 0.29) is 5.91 Å². The molecular formula is C15H22N2O2. The second kappa shape index (κ2) is 6.06. The van der Waals surface area contributed by atoms with Crippen LogP contribution in [0.3, 0.4) is 0 Å². The number of carbonyl (C=O) groups excluding carboxylic acids is 1. The Kier molecular flexibility index (Phi) is 4.43. The van der Waals surface area contributed by atoms with Gasteiger partial charge in [0.25, 0.3) is 5.91 Å². The molecule has 0 bridgehead atoms. The molecule has 1 aromatic carbocycles. The van der Waals surface area contributed by atoms with Gasteiger partial charge in [0.1, 0.15) is 5.75 Å². The number of carbonyl (C=O) groups is 1. The van der Waals surface area contributed by atoms with Gasteiger partial charge in [-0.15, -0.1) is 0 Å². The van der Waals surface area contributed by atoms with Crippen LogP contribution in [0.2, 0.25) is 0 Å². The van der Waals surface area contributed by atoms with Gasteiger partial charge in [-0.1, -0.05) is 6.42 Å². The van der Waals surface area contributed by atoms with E-state index in [1.54, 1.807) is 19.2 Å². The van der Waals surface area contributed by atoms with Crippen LogP contribution < -0.4 is 10.6 Å². The molecule has 1 aliphatic carbocycles. The minimum absolute atomic E-state index is 0.109. The summed E-state index contributed by atoms with van der Waals surface area (Å²) in [6.07, 6.45) is 4.42. The summed E-state index contributed by atoms with van der Waals surface area (Å²) < 4.78 is 0. The van der Waals surface area contributed by atoms with Gasteiger partial charge in [-0.25, -0.2) is 0 Å². The lowest BCUT2D eigenvalue weighted by molar-refractivity contribution is 0.0963. The highest BCUT2D eigenvalue weighted by Gasteiger charge is 2.24.